The van der Waals surface area contributed by atoms with Gasteiger partial charge in [-0.2, -0.15) is 0 Å². The number of benzene rings is 2. The van der Waals surface area contributed by atoms with Gasteiger partial charge in [0.15, 0.2) is 11.6 Å². The smallest absolute Gasteiger partial charge is 0.254 e. The average Bonchev–Trinajstić information content (AvgIpc) is 3.12. The van der Waals surface area contributed by atoms with Crippen molar-refractivity contribution in [1.29, 1.82) is 0 Å². The number of hydrogen-bond donors (Lipinski definition) is 1. The molecule has 0 spiro atoms. The number of carbonyl (C=O) groups excluding carboxylic acids is 1. The number of hydrogen-bond acceptors (Lipinski definition) is 3. The number of aromatic nitrogens is 1. The highest BCUT2D eigenvalue weighted by Crippen LogP contribution is 2.35. The van der Waals surface area contributed by atoms with Crippen LogP contribution in [-0.4, -0.2) is 23.5 Å². The lowest BCUT2D eigenvalue weighted by Crippen LogP contribution is -2.35. The van der Waals surface area contributed by atoms with Gasteiger partial charge in [-0.3, -0.25) is 9.78 Å². The van der Waals surface area contributed by atoms with Crippen LogP contribution in [0.25, 0.3) is 11.1 Å². The third-order valence-electron chi connectivity index (χ3n) is 4.51. The number of ether oxygens (including phenoxy) is 1. The summed E-state index contributed by atoms with van der Waals surface area (Å²) in [5.41, 5.74) is 1.75. The van der Waals surface area contributed by atoms with Crippen molar-refractivity contribution < 1.29 is 22.7 Å². The topological polar surface area (TPSA) is 51.2 Å². The Labute approximate surface area is 159 Å². The van der Waals surface area contributed by atoms with Crippen molar-refractivity contribution in [2.45, 2.75) is 12.5 Å². The summed E-state index contributed by atoms with van der Waals surface area (Å²) in [4.78, 5) is 16.1. The van der Waals surface area contributed by atoms with Crippen molar-refractivity contribution in [3.63, 3.8) is 0 Å². The van der Waals surface area contributed by atoms with Gasteiger partial charge in [-0.1, -0.05) is 6.07 Å². The van der Waals surface area contributed by atoms with Crippen LogP contribution >= 0.6 is 0 Å². The van der Waals surface area contributed by atoms with E-state index in [9.17, 15) is 18.0 Å². The average molecular weight is 384 g/mol. The van der Waals surface area contributed by atoms with Crippen LogP contribution in [0, 0.1) is 17.5 Å². The van der Waals surface area contributed by atoms with E-state index in [4.69, 9.17) is 4.74 Å². The molecule has 4 nitrogen and oxygen atoms in total. The molecule has 28 heavy (non-hydrogen) atoms. The molecule has 0 saturated heterocycles. The lowest BCUT2D eigenvalue weighted by Gasteiger charge is -2.12. The maximum absolute atomic E-state index is 14.4. The third kappa shape index (κ3) is 3.55. The second-order valence-corrected chi connectivity index (χ2v) is 6.47. The highest BCUT2D eigenvalue weighted by molar-refractivity contribution is 5.94. The Morgan fingerprint density at radius 3 is 2.75 bits per heavy atom. The van der Waals surface area contributed by atoms with Gasteiger partial charge in [-0.25, -0.2) is 13.2 Å². The summed E-state index contributed by atoms with van der Waals surface area (Å²) in [6.07, 6.45) is 3.15. The molecule has 1 aromatic heterocycles. The van der Waals surface area contributed by atoms with E-state index < -0.39 is 29.5 Å². The normalized spacial score (nSPS) is 15.0. The predicted molar refractivity (Wildman–Crippen MR) is 96.4 cm³/mol. The van der Waals surface area contributed by atoms with Crippen LogP contribution in [0.4, 0.5) is 13.2 Å². The minimum absolute atomic E-state index is 0.0329. The van der Waals surface area contributed by atoms with Gasteiger partial charge >= 0.3 is 0 Å². The standard InChI is InChI=1S/C21H15F3N2O2/c22-15-3-4-18(23)17(9-15)21(27)26-11-16-7-14-6-13(8-19(24)20(14)28-16)12-2-1-5-25-10-12/h1-6,8-10,16H,7,11H2,(H,26,27)/t16-/m0/s1. The molecule has 1 amide bonds. The van der Waals surface area contributed by atoms with Gasteiger partial charge in [0, 0.05) is 29.9 Å². The van der Waals surface area contributed by atoms with E-state index in [0.29, 0.717) is 17.5 Å². The van der Waals surface area contributed by atoms with E-state index in [1.165, 1.54) is 6.07 Å². The minimum Gasteiger partial charge on any atom is -0.485 e. The Bertz CT molecular complexity index is 1040. The molecule has 1 N–H and O–H groups in total. The van der Waals surface area contributed by atoms with Crippen molar-refractivity contribution in [3.8, 4) is 16.9 Å². The number of halogens is 3. The van der Waals surface area contributed by atoms with Crippen LogP contribution in [0.5, 0.6) is 5.75 Å². The number of nitrogens with zero attached hydrogens (tertiary/aromatic N) is 1. The summed E-state index contributed by atoms with van der Waals surface area (Å²) >= 11 is 0. The van der Waals surface area contributed by atoms with Crippen molar-refractivity contribution >= 4 is 5.91 Å². The lowest BCUT2D eigenvalue weighted by molar-refractivity contribution is 0.0928. The number of nitrogens with one attached hydrogen (secondary N) is 1. The molecule has 0 radical (unpaired) electrons. The number of fused-ring (bicyclic) bond motifs is 1. The van der Waals surface area contributed by atoms with Crippen molar-refractivity contribution in [2.24, 2.45) is 0 Å². The zero-order chi connectivity index (χ0) is 19.7. The number of carbonyl (C=O) groups is 1. The summed E-state index contributed by atoms with van der Waals surface area (Å²) in [5.74, 6) is -2.64. The van der Waals surface area contributed by atoms with E-state index in [2.05, 4.69) is 10.3 Å². The molecule has 0 unspecified atom stereocenters. The molecular formula is C21H15F3N2O2. The highest BCUT2D eigenvalue weighted by atomic mass is 19.1. The Morgan fingerprint density at radius 1 is 1.11 bits per heavy atom. The van der Waals surface area contributed by atoms with Crippen LogP contribution in [-0.2, 0) is 6.42 Å². The number of pyridine rings is 1. The van der Waals surface area contributed by atoms with E-state index in [1.54, 1.807) is 18.5 Å². The van der Waals surface area contributed by atoms with E-state index in [-0.39, 0.29) is 17.9 Å². The summed E-state index contributed by atoms with van der Waals surface area (Å²) in [7, 11) is 0. The quantitative estimate of drug-likeness (QED) is 0.742. The number of rotatable bonds is 4. The van der Waals surface area contributed by atoms with Crippen molar-refractivity contribution in [3.05, 3.63) is 83.4 Å². The van der Waals surface area contributed by atoms with Crippen molar-refractivity contribution in [1.82, 2.24) is 10.3 Å². The summed E-state index contributed by atoms with van der Waals surface area (Å²) in [6.45, 7) is 0.0329. The molecule has 0 bridgehead atoms. The fourth-order valence-electron chi connectivity index (χ4n) is 3.17. The fourth-order valence-corrected chi connectivity index (χ4v) is 3.17. The van der Waals surface area contributed by atoms with Crippen LogP contribution < -0.4 is 10.1 Å². The first kappa shape index (κ1) is 18.0. The predicted octanol–water partition coefficient (Wildman–Crippen LogP) is 3.90. The van der Waals surface area contributed by atoms with Gasteiger partial charge < -0.3 is 10.1 Å². The SMILES string of the molecule is O=C(NC[C@@H]1Cc2cc(-c3cccnc3)cc(F)c2O1)c1cc(F)ccc1F. The van der Waals surface area contributed by atoms with Crippen molar-refractivity contribution in [2.75, 3.05) is 6.54 Å². The van der Waals surface area contributed by atoms with Gasteiger partial charge in [0.1, 0.15) is 17.7 Å². The maximum Gasteiger partial charge on any atom is 0.254 e. The molecule has 3 aromatic rings. The molecule has 0 fully saturated rings. The molecule has 7 heteroatoms. The van der Waals surface area contributed by atoms with E-state index >= 15 is 0 Å². The Kier molecular flexibility index (Phi) is 4.73. The Balaban J connectivity index is 1.46. The molecule has 0 aliphatic carbocycles. The van der Waals surface area contributed by atoms with E-state index in [1.807, 2.05) is 12.1 Å². The molecule has 4 rings (SSSR count). The Hall–Kier alpha value is -3.35. The monoisotopic (exact) mass is 384 g/mol. The first-order valence-electron chi connectivity index (χ1n) is 8.64. The van der Waals surface area contributed by atoms with Gasteiger partial charge in [0.2, 0.25) is 0 Å². The van der Waals surface area contributed by atoms with Gasteiger partial charge in [-0.05, 0) is 42.0 Å². The first-order valence-corrected chi connectivity index (χ1v) is 8.64. The number of amides is 1. The highest BCUT2D eigenvalue weighted by Gasteiger charge is 2.27. The molecule has 2 heterocycles. The summed E-state index contributed by atoms with van der Waals surface area (Å²) < 4.78 is 47.0. The molecule has 142 valence electrons. The van der Waals surface area contributed by atoms with Gasteiger partial charge in [-0.15, -0.1) is 0 Å². The largest absolute Gasteiger partial charge is 0.485 e. The second-order valence-electron chi connectivity index (χ2n) is 6.47. The third-order valence-corrected chi connectivity index (χ3v) is 4.51. The molecule has 0 saturated carbocycles. The molecule has 1 aliphatic rings. The molecule has 1 atom stereocenters. The lowest BCUT2D eigenvalue weighted by atomic mass is 10.0. The summed E-state index contributed by atoms with van der Waals surface area (Å²) in [6, 6.07) is 9.44. The van der Waals surface area contributed by atoms with Crippen LogP contribution in [0.15, 0.2) is 54.9 Å². The zero-order valence-corrected chi connectivity index (χ0v) is 14.6. The van der Waals surface area contributed by atoms with Gasteiger partial charge in [0.25, 0.3) is 5.91 Å². The molecule has 2 aromatic carbocycles. The molecule has 1 aliphatic heterocycles. The van der Waals surface area contributed by atoms with Gasteiger partial charge in [0.05, 0.1) is 12.1 Å². The summed E-state index contributed by atoms with van der Waals surface area (Å²) in [5, 5.41) is 2.51. The first-order chi connectivity index (χ1) is 13.5. The van der Waals surface area contributed by atoms with Crippen LogP contribution in [0.3, 0.4) is 0 Å². The zero-order valence-electron chi connectivity index (χ0n) is 14.6. The molecular weight excluding hydrogens is 369 g/mol. The van der Waals surface area contributed by atoms with E-state index in [0.717, 1.165) is 23.8 Å². The second kappa shape index (κ2) is 7.34. The fraction of sp³-hybridized carbons (Fsp3) is 0.143. The Morgan fingerprint density at radius 2 is 1.96 bits per heavy atom. The minimum atomic E-state index is -0.818. The van der Waals surface area contributed by atoms with Crippen LogP contribution in [0.2, 0.25) is 0 Å². The van der Waals surface area contributed by atoms with Crippen LogP contribution in [0.1, 0.15) is 15.9 Å². The maximum atomic E-state index is 14.4.